The van der Waals surface area contributed by atoms with Crippen LogP contribution in [0.5, 0.6) is 5.75 Å². The number of nitrogens with one attached hydrogen (secondary N) is 1. The highest BCUT2D eigenvalue weighted by Gasteiger charge is 2.01. The fourth-order valence-electron chi connectivity index (χ4n) is 1.50. The zero-order chi connectivity index (χ0) is 13.2. The topological polar surface area (TPSA) is 38.3 Å². The molecular weight excluding hydrogens is 341 g/mol. The Labute approximate surface area is 122 Å². The standard InChI is InChI=1S/C14H20INO2/c1-12-5-4-6-13(11-12)18-10-7-14(17)16-9-3-2-8-15/h4-6,11H,2-3,7-10H2,1H3,(H,16,17). The molecule has 0 bridgehead atoms. The monoisotopic (exact) mass is 361 g/mol. The number of hydrogen-bond donors (Lipinski definition) is 1. The van der Waals surface area contributed by atoms with E-state index in [4.69, 9.17) is 4.74 Å². The van der Waals surface area contributed by atoms with E-state index < -0.39 is 0 Å². The number of alkyl halides is 1. The van der Waals surface area contributed by atoms with E-state index >= 15 is 0 Å². The van der Waals surface area contributed by atoms with E-state index in [9.17, 15) is 4.79 Å². The summed E-state index contributed by atoms with van der Waals surface area (Å²) in [4.78, 5) is 11.5. The molecule has 0 aliphatic rings. The SMILES string of the molecule is Cc1cccc(OCCC(=O)NCCCCI)c1. The average molecular weight is 361 g/mol. The predicted molar refractivity (Wildman–Crippen MR) is 82.4 cm³/mol. The molecule has 0 aliphatic heterocycles. The Morgan fingerprint density at radius 3 is 2.94 bits per heavy atom. The van der Waals surface area contributed by atoms with Gasteiger partial charge in [-0.2, -0.15) is 0 Å². The van der Waals surface area contributed by atoms with Crippen LogP contribution in [-0.4, -0.2) is 23.5 Å². The maximum atomic E-state index is 11.5. The number of amides is 1. The van der Waals surface area contributed by atoms with Gasteiger partial charge in [-0.05, 0) is 41.9 Å². The van der Waals surface area contributed by atoms with Crippen LogP contribution in [0.2, 0.25) is 0 Å². The lowest BCUT2D eigenvalue weighted by molar-refractivity contribution is -0.121. The fraction of sp³-hybridized carbons (Fsp3) is 0.500. The summed E-state index contributed by atoms with van der Waals surface area (Å²) in [5, 5.41) is 2.89. The molecule has 0 radical (unpaired) electrons. The van der Waals surface area contributed by atoms with Gasteiger partial charge in [-0.15, -0.1) is 0 Å². The number of carbonyl (C=O) groups excluding carboxylic acids is 1. The second-order valence-corrected chi connectivity index (χ2v) is 5.24. The highest BCUT2D eigenvalue weighted by Crippen LogP contribution is 2.12. The highest BCUT2D eigenvalue weighted by atomic mass is 127. The van der Waals surface area contributed by atoms with Crippen molar-refractivity contribution in [2.75, 3.05) is 17.6 Å². The van der Waals surface area contributed by atoms with Crippen LogP contribution in [0.3, 0.4) is 0 Å². The van der Waals surface area contributed by atoms with Gasteiger partial charge in [0.2, 0.25) is 5.91 Å². The minimum absolute atomic E-state index is 0.0658. The number of hydrogen-bond acceptors (Lipinski definition) is 2. The van der Waals surface area contributed by atoms with Gasteiger partial charge >= 0.3 is 0 Å². The highest BCUT2D eigenvalue weighted by molar-refractivity contribution is 14.1. The minimum Gasteiger partial charge on any atom is -0.493 e. The van der Waals surface area contributed by atoms with Crippen LogP contribution < -0.4 is 10.1 Å². The molecule has 1 aromatic carbocycles. The maximum Gasteiger partial charge on any atom is 0.223 e. The minimum atomic E-state index is 0.0658. The number of benzene rings is 1. The molecule has 3 nitrogen and oxygen atoms in total. The molecule has 18 heavy (non-hydrogen) atoms. The van der Waals surface area contributed by atoms with E-state index in [2.05, 4.69) is 27.9 Å². The molecule has 1 aromatic rings. The van der Waals surface area contributed by atoms with Crippen molar-refractivity contribution >= 4 is 28.5 Å². The third-order valence-corrected chi connectivity index (χ3v) is 3.23. The number of unbranched alkanes of at least 4 members (excludes halogenated alkanes) is 1. The van der Waals surface area contributed by atoms with Crippen molar-refractivity contribution in [3.05, 3.63) is 29.8 Å². The molecule has 100 valence electrons. The molecule has 1 amide bonds. The largest absolute Gasteiger partial charge is 0.493 e. The zero-order valence-corrected chi connectivity index (χ0v) is 12.9. The van der Waals surface area contributed by atoms with Crippen LogP contribution in [0, 0.1) is 6.92 Å². The first-order valence-electron chi connectivity index (χ1n) is 6.24. The van der Waals surface area contributed by atoms with Gasteiger partial charge in [-0.25, -0.2) is 0 Å². The molecule has 0 saturated carbocycles. The fourth-order valence-corrected chi connectivity index (χ4v) is 2.04. The number of ether oxygens (including phenoxy) is 1. The summed E-state index contributed by atoms with van der Waals surface area (Å²) in [7, 11) is 0. The Kier molecular flexibility index (Phi) is 7.80. The van der Waals surface area contributed by atoms with E-state index in [0.717, 1.165) is 35.1 Å². The molecule has 0 aliphatic carbocycles. The lowest BCUT2D eigenvalue weighted by atomic mass is 10.2. The van der Waals surface area contributed by atoms with E-state index in [1.165, 1.54) is 0 Å². The predicted octanol–water partition coefficient (Wildman–Crippen LogP) is 3.10. The van der Waals surface area contributed by atoms with Crippen molar-refractivity contribution in [3.8, 4) is 5.75 Å². The van der Waals surface area contributed by atoms with Crippen molar-refractivity contribution < 1.29 is 9.53 Å². The van der Waals surface area contributed by atoms with E-state index in [1.54, 1.807) is 0 Å². The molecule has 0 spiro atoms. The van der Waals surface area contributed by atoms with Crippen LogP contribution in [0.25, 0.3) is 0 Å². The molecule has 0 aromatic heterocycles. The van der Waals surface area contributed by atoms with Gasteiger partial charge in [0, 0.05) is 6.54 Å². The van der Waals surface area contributed by atoms with Gasteiger partial charge in [0.15, 0.2) is 0 Å². The molecule has 0 fully saturated rings. The average Bonchev–Trinajstić information content (AvgIpc) is 2.35. The molecule has 4 heteroatoms. The Bertz CT molecular complexity index is 369. The Balaban J connectivity index is 2.12. The van der Waals surface area contributed by atoms with Crippen LogP contribution in [-0.2, 0) is 4.79 Å². The van der Waals surface area contributed by atoms with Crippen molar-refractivity contribution in [1.29, 1.82) is 0 Å². The molecule has 1 N–H and O–H groups in total. The van der Waals surface area contributed by atoms with Crippen molar-refractivity contribution in [2.45, 2.75) is 26.2 Å². The van der Waals surface area contributed by atoms with Gasteiger partial charge in [0.1, 0.15) is 5.75 Å². The molecule has 0 atom stereocenters. The second kappa shape index (κ2) is 9.19. The van der Waals surface area contributed by atoms with E-state index in [-0.39, 0.29) is 5.91 Å². The van der Waals surface area contributed by atoms with Gasteiger partial charge < -0.3 is 10.1 Å². The summed E-state index contributed by atoms with van der Waals surface area (Å²) in [6.07, 6.45) is 2.62. The van der Waals surface area contributed by atoms with E-state index in [1.807, 2.05) is 31.2 Å². The Morgan fingerprint density at radius 1 is 1.39 bits per heavy atom. The van der Waals surface area contributed by atoms with Crippen molar-refractivity contribution in [2.24, 2.45) is 0 Å². The van der Waals surface area contributed by atoms with Gasteiger partial charge in [0.25, 0.3) is 0 Å². The van der Waals surface area contributed by atoms with Crippen LogP contribution in [0.15, 0.2) is 24.3 Å². The smallest absolute Gasteiger partial charge is 0.223 e. The lowest BCUT2D eigenvalue weighted by Crippen LogP contribution is -2.25. The van der Waals surface area contributed by atoms with Crippen LogP contribution in [0.1, 0.15) is 24.8 Å². The summed E-state index contributed by atoms with van der Waals surface area (Å²) in [6, 6.07) is 7.85. The summed E-state index contributed by atoms with van der Waals surface area (Å²) >= 11 is 2.34. The van der Waals surface area contributed by atoms with Crippen LogP contribution in [0.4, 0.5) is 0 Å². The number of aryl methyl sites for hydroxylation is 1. The molecule has 0 saturated heterocycles. The normalized spacial score (nSPS) is 10.1. The molecular formula is C14H20INO2. The lowest BCUT2D eigenvalue weighted by Gasteiger charge is -2.07. The number of halogens is 1. The first-order chi connectivity index (χ1) is 8.72. The Morgan fingerprint density at radius 2 is 2.22 bits per heavy atom. The van der Waals surface area contributed by atoms with Gasteiger partial charge in [-0.1, -0.05) is 34.7 Å². The van der Waals surface area contributed by atoms with Gasteiger partial charge in [0.05, 0.1) is 13.0 Å². The zero-order valence-electron chi connectivity index (χ0n) is 10.7. The number of carbonyl (C=O) groups is 1. The van der Waals surface area contributed by atoms with Crippen molar-refractivity contribution in [3.63, 3.8) is 0 Å². The first kappa shape index (κ1) is 15.3. The van der Waals surface area contributed by atoms with Gasteiger partial charge in [-0.3, -0.25) is 4.79 Å². The maximum absolute atomic E-state index is 11.5. The second-order valence-electron chi connectivity index (χ2n) is 4.16. The molecule has 1 rings (SSSR count). The summed E-state index contributed by atoms with van der Waals surface area (Å²) in [6.45, 7) is 3.22. The number of rotatable bonds is 8. The summed E-state index contributed by atoms with van der Waals surface area (Å²) in [5.41, 5.74) is 1.16. The summed E-state index contributed by atoms with van der Waals surface area (Å²) in [5.74, 6) is 0.892. The van der Waals surface area contributed by atoms with Crippen molar-refractivity contribution in [1.82, 2.24) is 5.32 Å². The third-order valence-electron chi connectivity index (χ3n) is 2.47. The molecule has 0 heterocycles. The van der Waals surface area contributed by atoms with Crippen LogP contribution >= 0.6 is 22.6 Å². The Hall–Kier alpha value is -0.780. The quantitative estimate of drug-likeness (QED) is 0.439. The summed E-state index contributed by atoms with van der Waals surface area (Å²) < 4.78 is 6.67. The third kappa shape index (κ3) is 6.83. The van der Waals surface area contributed by atoms with E-state index in [0.29, 0.717) is 13.0 Å². The first-order valence-corrected chi connectivity index (χ1v) is 7.77. The molecule has 0 unspecified atom stereocenters.